The third-order valence-electron chi connectivity index (χ3n) is 4.66. The van der Waals surface area contributed by atoms with E-state index >= 15 is 0 Å². The van der Waals surface area contributed by atoms with Crippen LogP contribution in [0, 0.1) is 0 Å². The lowest BCUT2D eigenvalue weighted by Gasteiger charge is -2.09. The lowest BCUT2D eigenvalue weighted by Crippen LogP contribution is -2.33. The summed E-state index contributed by atoms with van der Waals surface area (Å²) in [6, 6.07) is 14.0. The van der Waals surface area contributed by atoms with Gasteiger partial charge in [-0.2, -0.15) is 0 Å². The fraction of sp³-hybridized carbons (Fsp3) is 0.263. The standard InChI is InChI=1S/C19H18N2O3/c22-17(23)12-21-16-11-15(13-6-2-1-3-7-13)10-14-8-4-5-9-20(18(14)16)19(21)24/h1-3,6-7,10-11H,4-5,8-9,12H2,(H,22,23)/p-1. The highest BCUT2D eigenvalue weighted by Crippen LogP contribution is 2.30. The molecule has 5 heteroatoms. The van der Waals surface area contributed by atoms with Crippen molar-refractivity contribution in [2.75, 3.05) is 0 Å². The molecule has 0 radical (unpaired) electrons. The SMILES string of the molecule is O=C([O-])Cn1c(=O)n2c3c(cc(-c4ccccc4)cc31)CCCC2. The van der Waals surface area contributed by atoms with Crippen molar-refractivity contribution in [2.45, 2.75) is 32.4 Å². The molecule has 5 nitrogen and oxygen atoms in total. The fourth-order valence-corrected chi connectivity index (χ4v) is 3.60. The summed E-state index contributed by atoms with van der Waals surface area (Å²) in [5, 5.41) is 11.1. The zero-order chi connectivity index (χ0) is 16.7. The third kappa shape index (κ3) is 2.33. The molecule has 0 spiro atoms. The Kier molecular flexibility index (Phi) is 3.49. The number of nitrogens with zero attached hydrogens (tertiary/aromatic N) is 2. The van der Waals surface area contributed by atoms with E-state index in [4.69, 9.17) is 0 Å². The van der Waals surface area contributed by atoms with Crippen LogP contribution in [0.15, 0.2) is 47.3 Å². The number of aromatic nitrogens is 2. The van der Waals surface area contributed by atoms with E-state index in [0.717, 1.165) is 41.5 Å². The highest BCUT2D eigenvalue weighted by atomic mass is 16.4. The Morgan fingerprint density at radius 3 is 2.62 bits per heavy atom. The van der Waals surface area contributed by atoms with Crippen LogP contribution in [-0.2, 0) is 24.3 Å². The molecule has 4 rings (SSSR count). The van der Waals surface area contributed by atoms with E-state index in [9.17, 15) is 14.7 Å². The van der Waals surface area contributed by atoms with Gasteiger partial charge in [-0.25, -0.2) is 4.79 Å². The number of benzene rings is 2. The number of carboxylic acid groups (broad SMARTS) is 1. The van der Waals surface area contributed by atoms with E-state index < -0.39 is 12.5 Å². The summed E-state index contributed by atoms with van der Waals surface area (Å²) >= 11 is 0. The average Bonchev–Trinajstić information content (AvgIpc) is 2.75. The van der Waals surface area contributed by atoms with Gasteiger partial charge in [0.05, 0.1) is 23.5 Å². The van der Waals surface area contributed by atoms with Gasteiger partial charge in [0, 0.05) is 6.54 Å². The molecule has 0 aliphatic carbocycles. The number of imidazole rings is 1. The summed E-state index contributed by atoms with van der Waals surface area (Å²) < 4.78 is 3.04. The number of rotatable bonds is 3. The molecule has 0 saturated heterocycles. The number of carboxylic acids is 1. The minimum Gasteiger partial charge on any atom is -0.548 e. The maximum Gasteiger partial charge on any atom is 0.329 e. The van der Waals surface area contributed by atoms with Crippen LogP contribution in [0.3, 0.4) is 0 Å². The van der Waals surface area contributed by atoms with Gasteiger partial charge < -0.3 is 9.90 Å². The molecule has 122 valence electrons. The molecular weight excluding hydrogens is 304 g/mol. The van der Waals surface area contributed by atoms with E-state index in [0.29, 0.717) is 12.1 Å². The van der Waals surface area contributed by atoms with Crippen molar-refractivity contribution in [3.63, 3.8) is 0 Å². The summed E-state index contributed by atoms with van der Waals surface area (Å²) in [4.78, 5) is 23.8. The Balaban J connectivity index is 2.04. The molecule has 3 aromatic rings. The van der Waals surface area contributed by atoms with Crippen LogP contribution in [0.2, 0.25) is 0 Å². The Hall–Kier alpha value is -2.82. The van der Waals surface area contributed by atoms with Crippen molar-refractivity contribution in [2.24, 2.45) is 0 Å². The molecule has 0 bridgehead atoms. The van der Waals surface area contributed by atoms with Crippen molar-refractivity contribution >= 4 is 17.0 Å². The van der Waals surface area contributed by atoms with Gasteiger partial charge in [-0.05, 0) is 48.1 Å². The maximum atomic E-state index is 12.7. The monoisotopic (exact) mass is 321 g/mol. The minimum absolute atomic E-state index is 0.262. The predicted molar refractivity (Wildman–Crippen MR) is 89.6 cm³/mol. The second-order valence-corrected chi connectivity index (χ2v) is 6.22. The Morgan fingerprint density at radius 1 is 1.08 bits per heavy atom. The summed E-state index contributed by atoms with van der Waals surface area (Å²) in [6.07, 6.45) is 2.83. The topological polar surface area (TPSA) is 67.1 Å². The Bertz CT molecular complexity index is 983. The van der Waals surface area contributed by atoms with Crippen LogP contribution in [-0.4, -0.2) is 15.1 Å². The van der Waals surface area contributed by atoms with Crippen LogP contribution < -0.4 is 10.8 Å². The highest BCUT2D eigenvalue weighted by Gasteiger charge is 2.20. The number of hydrogen-bond acceptors (Lipinski definition) is 3. The van der Waals surface area contributed by atoms with Crippen LogP contribution in [0.25, 0.3) is 22.2 Å². The van der Waals surface area contributed by atoms with Gasteiger partial charge in [0.25, 0.3) is 0 Å². The van der Waals surface area contributed by atoms with Gasteiger partial charge in [0.1, 0.15) is 0 Å². The molecule has 0 atom stereocenters. The largest absolute Gasteiger partial charge is 0.548 e. The number of aryl methyl sites for hydroxylation is 2. The normalized spacial score (nSPS) is 13.8. The van der Waals surface area contributed by atoms with Crippen molar-refractivity contribution in [3.8, 4) is 11.1 Å². The van der Waals surface area contributed by atoms with E-state index in [2.05, 4.69) is 6.07 Å². The third-order valence-corrected chi connectivity index (χ3v) is 4.66. The van der Waals surface area contributed by atoms with Crippen molar-refractivity contribution in [1.82, 2.24) is 9.13 Å². The van der Waals surface area contributed by atoms with Crippen LogP contribution in [0.1, 0.15) is 18.4 Å². The maximum absolute atomic E-state index is 12.7. The van der Waals surface area contributed by atoms with E-state index in [1.165, 1.54) is 4.57 Å². The summed E-state index contributed by atoms with van der Waals surface area (Å²) in [7, 11) is 0. The molecule has 2 heterocycles. The summed E-state index contributed by atoms with van der Waals surface area (Å²) in [5.74, 6) is -1.25. The van der Waals surface area contributed by atoms with Crippen LogP contribution in [0.4, 0.5) is 0 Å². The van der Waals surface area contributed by atoms with E-state index in [-0.39, 0.29) is 5.69 Å². The smallest absolute Gasteiger partial charge is 0.329 e. The van der Waals surface area contributed by atoms with Gasteiger partial charge in [-0.3, -0.25) is 9.13 Å². The van der Waals surface area contributed by atoms with Crippen molar-refractivity contribution in [1.29, 1.82) is 0 Å². The molecule has 24 heavy (non-hydrogen) atoms. The molecular formula is C19H17N2O3-. The van der Waals surface area contributed by atoms with E-state index in [1.54, 1.807) is 4.57 Å². The second-order valence-electron chi connectivity index (χ2n) is 6.22. The van der Waals surface area contributed by atoms with Crippen LogP contribution >= 0.6 is 0 Å². The number of carbonyl (C=O) groups is 1. The molecule has 1 aliphatic rings. The molecule has 2 aromatic carbocycles. The van der Waals surface area contributed by atoms with Crippen molar-refractivity contribution in [3.05, 3.63) is 58.5 Å². The lowest BCUT2D eigenvalue weighted by molar-refractivity contribution is -0.306. The zero-order valence-corrected chi connectivity index (χ0v) is 13.2. The quantitative estimate of drug-likeness (QED) is 0.735. The minimum atomic E-state index is -1.25. The Morgan fingerprint density at radius 2 is 1.88 bits per heavy atom. The van der Waals surface area contributed by atoms with Gasteiger partial charge in [-0.15, -0.1) is 0 Å². The number of aliphatic carboxylic acids is 1. The molecule has 0 N–H and O–H groups in total. The lowest BCUT2D eigenvalue weighted by atomic mass is 9.99. The first kappa shape index (κ1) is 14.8. The molecule has 1 aliphatic heterocycles. The fourth-order valence-electron chi connectivity index (χ4n) is 3.60. The number of carbonyl (C=O) groups excluding carboxylic acids is 1. The molecule has 1 aromatic heterocycles. The molecule has 0 fully saturated rings. The van der Waals surface area contributed by atoms with Gasteiger partial charge in [0.2, 0.25) is 0 Å². The van der Waals surface area contributed by atoms with Gasteiger partial charge in [0.15, 0.2) is 0 Å². The molecule has 0 unspecified atom stereocenters. The van der Waals surface area contributed by atoms with E-state index in [1.807, 2.05) is 36.4 Å². The second kappa shape index (κ2) is 5.67. The van der Waals surface area contributed by atoms with Gasteiger partial charge in [-0.1, -0.05) is 30.3 Å². The van der Waals surface area contributed by atoms with Crippen LogP contribution in [0.5, 0.6) is 0 Å². The first-order valence-corrected chi connectivity index (χ1v) is 8.16. The number of hydrogen-bond donors (Lipinski definition) is 0. The Labute approximate surface area is 138 Å². The summed E-state index contributed by atoms with van der Waals surface area (Å²) in [5.41, 5.74) is 4.46. The highest BCUT2D eigenvalue weighted by molar-refractivity contribution is 5.87. The first-order chi connectivity index (χ1) is 11.6. The first-order valence-electron chi connectivity index (χ1n) is 8.16. The zero-order valence-electron chi connectivity index (χ0n) is 13.2. The molecule has 0 amide bonds. The van der Waals surface area contributed by atoms with Crippen molar-refractivity contribution < 1.29 is 9.90 Å². The van der Waals surface area contributed by atoms with Gasteiger partial charge >= 0.3 is 5.69 Å². The summed E-state index contributed by atoms with van der Waals surface area (Å²) in [6.45, 7) is 0.215. The predicted octanol–water partition coefficient (Wildman–Crippen LogP) is 1.56. The molecule has 0 saturated carbocycles. The average molecular weight is 321 g/mol.